The molecule has 3 rings (SSSR count). The molecular formula is C18H24ClN5O2. The van der Waals surface area contributed by atoms with Crippen LogP contribution in [0, 0.1) is 12.8 Å². The first-order valence-corrected chi connectivity index (χ1v) is 9.12. The average molecular weight is 378 g/mol. The molecule has 0 radical (unpaired) electrons. The fourth-order valence-electron chi connectivity index (χ4n) is 3.24. The molecule has 1 fully saturated rings. The Morgan fingerprint density at radius 3 is 2.88 bits per heavy atom. The van der Waals surface area contributed by atoms with E-state index in [0.717, 1.165) is 27.9 Å². The fraction of sp³-hybridized carbons (Fsp3) is 0.500. The summed E-state index contributed by atoms with van der Waals surface area (Å²) in [5.74, 6) is 6.46. The number of carbonyl (C=O) groups excluding carboxylic acids is 1. The molecule has 1 amide bonds. The molecule has 0 aliphatic carbocycles. The number of hydrogen-bond donors (Lipinski definition) is 2. The van der Waals surface area contributed by atoms with Crippen LogP contribution in [0.2, 0.25) is 5.28 Å². The number of carbonyl (C=O) groups is 1. The van der Waals surface area contributed by atoms with E-state index in [9.17, 15) is 4.79 Å². The van der Waals surface area contributed by atoms with Gasteiger partial charge in [0.1, 0.15) is 0 Å². The van der Waals surface area contributed by atoms with Crippen LogP contribution in [0.4, 0.5) is 4.79 Å². The van der Waals surface area contributed by atoms with Crippen molar-refractivity contribution in [3.63, 3.8) is 0 Å². The van der Waals surface area contributed by atoms with Crippen LogP contribution in [0.3, 0.4) is 0 Å². The number of aromatic nitrogens is 2. The summed E-state index contributed by atoms with van der Waals surface area (Å²) in [5.41, 5.74) is 1.40. The number of hydrogen-bond acceptors (Lipinski definition) is 6. The van der Waals surface area contributed by atoms with Crippen LogP contribution >= 0.6 is 11.6 Å². The number of ether oxygens (including phenoxy) is 1. The molecular weight excluding hydrogens is 354 g/mol. The summed E-state index contributed by atoms with van der Waals surface area (Å²) in [6.07, 6.45) is 0.861. The Hall–Kier alpha value is -1.96. The maximum absolute atomic E-state index is 12.6. The van der Waals surface area contributed by atoms with Crippen molar-refractivity contribution < 1.29 is 9.53 Å². The molecule has 7 nitrogen and oxygen atoms in total. The van der Waals surface area contributed by atoms with E-state index in [1.54, 1.807) is 0 Å². The van der Waals surface area contributed by atoms with Gasteiger partial charge in [0.05, 0.1) is 17.8 Å². The molecule has 1 aliphatic heterocycles. The standard InChI is InChI=1S/C18H24ClN5O2/c1-11(2)10-26-17(25)24(20)18(7-4-8-21-18)15-13-6-5-12(3)9-14(13)22-16(19)23-15/h5-6,9,11,21H,4,7-8,10,20H2,1-3H3/t18-/m1/s1. The van der Waals surface area contributed by atoms with Crippen molar-refractivity contribution >= 4 is 28.6 Å². The van der Waals surface area contributed by atoms with Crippen molar-refractivity contribution in [2.24, 2.45) is 11.8 Å². The van der Waals surface area contributed by atoms with E-state index >= 15 is 0 Å². The molecule has 0 unspecified atom stereocenters. The zero-order chi connectivity index (χ0) is 18.9. The molecule has 1 atom stereocenters. The number of amides is 1. The lowest BCUT2D eigenvalue weighted by Crippen LogP contribution is -2.59. The van der Waals surface area contributed by atoms with Crippen LogP contribution in [-0.4, -0.2) is 34.2 Å². The quantitative estimate of drug-likeness (QED) is 0.368. The Bertz CT molecular complexity index is 815. The van der Waals surface area contributed by atoms with Crippen LogP contribution in [-0.2, 0) is 10.4 Å². The molecule has 26 heavy (non-hydrogen) atoms. The summed E-state index contributed by atoms with van der Waals surface area (Å²) >= 11 is 6.18. The maximum atomic E-state index is 12.6. The minimum atomic E-state index is -0.978. The van der Waals surface area contributed by atoms with Gasteiger partial charge in [-0.2, -0.15) is 0 Å². The third-order valence-corrected chi connectivity index (χ3v) is 4.67. The van der Waals surface area contributed by atoms with E-state index in [2.05, 4.69) is 15.3 Å². The van der Waals surface area contributed by atoms with Gasteiger partial charge in [-0.25, -0.2) is 25.6 Å². The van der Waals surface area contributed by atoms with Crippen molar-refractivity contribution in [2.45, 2.75) is 39.3 Å². The Labute approximate surface area is 157 Å². The highest BCUT2D eigenvalue weighted by molar-refractivity contribution is 6.28. The third kappa shape index (κ3) is 3.47. The lowest BCUT2D eigenvalue weighted by Gasteiger charge is -2.37. The molecule has 0 saturated carbocycles. The first kappa shape index (κ1) is 18.8. The van der Waals surface area contributed by atoms with Gasteiger partial charge >= 0.3 is 6.09 Å². The summed E-state index contributed by atoms with van der Waals surface area (Å²) in [6.45, 7) is 6.93. The second-order valence-electron chi connectivity index (χ2n) is 7.09. The second-order valence-corrected chi connectivity index (χ2v) is 7.43. The van der Waals surface area contributed by atoms with E-state index in [1.807, 2.05) is 39.0 Å². The summed E-state index contributed by atoms with van der Waals surface area (Å²) in [5, 5.41) is 5.38. The van der Waals surface area contributed by atoms with Gasteiger partial charge in [0.15, 0.2) is 5.66 Å². The number of hydrazine groups is 1. The fourth-order valence-corrected chi connectivity index (χ4v) is 3.42. The van der Waals surface area contributed by atoms with Crippen molar-refractivity contribution in [1.29, 1.82) is 0 Å². The Morgan fingerprint density at radius 1 is 1.46 bits per heavy atom. The van der Waals surface area contributed by atoms with Crippen molar-refractivity contribution in [3.8, 4) is 0 Å². The number of nitrogens with zero attached hydrogens (tertiary/aromatic N) is 3. The zero-order valence-corrected chi connectivity index (χ0v) is 16.0. The van der Waals surface area contributed by atoms with Crippen LogP contribution in [0.5, 0.6) is 0 Å². The van der Waals surface area contributed by atoms with E-state index in [-0.39, 0.29) is 11.2 Å². The Morgan fingerprint density at radius 2 is 2.23 bits per heavy atom. The molecule has 1 aliphatic rings. The highest BCUT2D eigenvalue weighted by Gasteiger charge is 2.46. The SMILES string of the molecule is Cc1ccc2c([C@]3(N(N)C(=O)OCC(C)C)CCCN3)nc(Cl)nc2c1. The number of halogens is 1. The maximum Gasteiger partial charge on any atom is 0.426 e. The van der Waals surface area contributed by atoms with Gasteiger partial charge in [0.25, 0.3) is 0 Å². The molecule has 140 valence electrons. The van der Waals surface area contributed by atoms with Crippen molar-refractivity contribution in [1.82, 2.24) is 20.3 Å². The number of nitrogens with one attached hydrogen (secondary N) is 1. The molecule has 1 aromatic carbocycles. The summed E-state index contributed by atoms with van der Waals surface area (Å²) in [6, 6.07) is 5.85. The molecule has 3 N–H and O–H groups in total. The number of fused-ring (bicyclic) bond motifs is 1. The molecule has 1 aromatic heterocycles. The van der Waals surface area contributed by atoms with Crippen LogP contribution < -0.4 is 11.2 Å². The van der Waals surface area contributed by atoms with Crippen LogP contribution in [0.1, 0.15) is 37.9 Å². The predicted octanol–water partition coefficient (Wildman–Crippen LogP) is 3.10. The molecule has 0 bridgehead atoms. The van der Waals surface area contributed by atoms with Gasteiger partial charge in [0.2, 0.25) is 5.28 Å². The summed E-state index contributed by atoms with van der Waals surface area (Å²) in [4.78, 5) is 21.3. The number of aryl methyl sites for hydroxylation is 1. The van der Waals surface area contributed by atoms with Gasteiger partial charge < -0.3 is 4.74 Å². The van der Waals surface area contributed by atoms with Gasteiger partial charge in [-0.3, -0.25) is 5.32 Å². The van der Waals surface area contributed by atoms with Gasteiger partial charge in [-0.15, -0.1) is 0 Å². The summed E-state index contributed by atoms with van der Waals surface area (Å²) < 4.78 is 5.33. The monoisotopic (exact) mass is 377 g/mol. The first-order chi connectivity index (χ1) is 12.3. The first-order valence-electron chi connectivity index (χ1n) is 8.74. The minimum absolute atomic E-state index is 0.120. The second kappa shape index (κ2) is 7.34. The number of nitrogens with two attached hydrogens (primary N) is 1. The van der Waals surface area contributed by atoms with Crippen LogP contribution in [0.25, 0.3) is 10.9 Å². The Kier molecular flexibility index (Phi) is 5.32. The largest absolute Gasteiger partial charge is 0.448 e. The Balaban J connectivity index is 2.08. The van der Waals surface area contributed by atoms with E-state index in [1.165, 1.54) is 0 Å². The van der Waals surface area contributed by atoms with Crippen LogP contribution in [0.15, 0.2) is 18.2 Å². The zero-order valence-electron chi connectivity index (χ0n) is 15.3. The average Bonchev–Trinajstić information content (AvgIpc) is 3.08. The lowest BCUT2D eigenvalue weighted by atomic mass is 9.98. The van der Waals surface area contributed by atoms with E-state index in [4.69, 9.17) is 22.2 Å². The van der Waals surface area contributed by atoms with Gasteiger partial charge in [-0.1, -0.05) is 26.0 Å². The highest BCUT2D eigenvalue weighted by Crippen LogP contribution is 2.36. The molecule has 0 spiro atoms. The van der Waals surface area contributed by atoms with E-state index in [0.29, 0.717) is 25.3 Å². The van der Waals surface area contributed by atoms with E-state index < -0.39 is 11.8 Å². The number of rotatable bonds is 4. The van der Waals surface area contributed by atoms with Gasteiger partial charge in [-0.05, 0) is 55.5 Å². The smallest absolute Gasteiger partial charge is 0.426 e. The third-order valence-electron chi connectivity index (χ3n) is 4.50. The normalized spacial score (nSPS) is 19.9. The molecule has 8 heteroatoms. The topological polar surface area (TPSA) is 93.4 Å². The summed E-state index contributed by atoms with van der Waals surface area (Å²) in [7, 11) is 0. The predicted molar refractivity (Wildman–Crippen MR) is 100 cm³/mol. The van der Waals surface area contributed by atoms with Crippen molar-refractivity contribution in [2.75, 3.05) is 13.2 Å². The van der Waals surface area contributed by atoms with Crippen molar-refractivity contribution in [3.05, 3.63) is 34.7 Å². The lowest BCUT2D eigenvalue weighted by molar-refractivity contribution is 0.0313. The molecule has 2 heterocycles. The molecule has 2 aromatic rings. The highest BCUT2D eigenvalue weighted by atomic mass is 35.5. The molecule has 1 saturated heterocycles. The number of benzene rings is 1. The van der Waals surface area contributed by atoms with Gasteiger partial charge in [0, 0.05) is 5.39 Å². The minimum Gasteiger partial charge on any atom is -0.448 e.